The molecule has 1 fully saturated rings. The number of hydrogen-bond donors (Lipinski definition) is 1. The van der Waals surface area contributed by atoms with Gasteiger partial charge in [0.2, 0.25) is 0 Å². The number of benzene rings is 1. The standard InChI is InChI=1S/C14H16FNO4/c15-7-12-6-11(13(17)18)8-16(12)14(19)20-9-10-4-2-1-3-5-10/h1-5,11-12H,6-9H2,(H,17,18)/t11?,12-/m1/s1. The largest absolute Gasteiger partial charge is 0.481 e. The molecular formula is C14H16FNO4. The van der Waals surface area contributed by atoms with Crippen molar-refractivity contribution in [3.63, 3.8) is 0 Å². The number of alkyl halides is 1. The predicted molar refractivity (Wildman–Crippen MR) is 68.8 cm³/mol. The Balaban J connectivity index is 1.92. The third kappa shape index (κ3) is 3.26. The molecule has 0 spiro atoms. The summed E-state index contributed by atoms with van der Waals surface area (Å²) in [6, 6.07) is 8.41. The van der Waals surface area contributed by atoms with E-state index in [1.807, 2.05) is 30.3 Å². The van der Waals surface area contributed by atoms with Crippen LogP contribution < -0.4 is 0 Å². The summed E-state index contributed by atoms with van der Waals surface area (Å²) in [5, 5.41) is 8.93. The van der Waals surface area contributed by atoms with Gasteiger partial charge in [0, 0.05) is 6.54 Å². The molecule has 1 aromatic rings. The zero-order valence-electron chi connectivity index (χ0n) is 10.9. The molecule has 1 aromatic carbocycles. The van der Waals surface area contributed by atoms with Crippen LogP contribution in [0.2, 0.25) is 0 Å². The molecule has 1 aliphatic rings. The van der Waals surface area contributed by atoms with E-state index in [1.165, 1.54) is 4.90 Å². The smallest absolute Gasteiger partial charge is 0.410 e. The molecule has 0 saturated carbocycles. The Kier molecular flexibility index (Phi) is 4.55. The fraction of sp³-hybridized carbons (Fsp3) is 0.429. The molecule has 6 heteroatoms. The predicted octanol–water partition coefficient (Wildman–Crippen LogP) is 2.07. The van der Waals surface area contributed by atoms with Crippen LogP contribution >= 0.6 is 0 Å². The van der Waals surface area contributed by atoms with Crippen LogP contribution in [0, 0.1) is 5.92 Å². The summed E-state index contributed by atoms with van der Waals surface area (Å²) < 4.78 is 18.0. The minimum absolute atomic E-state index is 0.00244. The number of aliphatic carboxylic acids is 1. The number of amides is 1. The molecule has 108 valence electrons. The molecule has 5 nitrogen and oxygen atoms in total. The second kappa shape index (κ2) is 6.36. The maximum atomic E-state index is 12.9. The molecule has 0 bridgehead atoms. The van der Waals surface area contributed by atoms with Gasteiger partial charge in [-0.2, -0.15) is 0 Å². The maximum absolute atomic E-state index is 12.9. The first kappa shape index (κ1) is 14.3. The Morgan fingerprint density at radius 2 is 2.05 bits per heavy atom. The topological polar surface area (TPSA) is 66.8 Å². The van der Waals surface area contributed by atoms with E-state index in [0.29, 0.717) is 0 Å². The highest BCUT2D eigenvalue weighted by molar-refractivity contribution is 5.74. The third-order valence-electron chi connectivity index (χ3n) is 3.38. The monoisotopic (exact) mass is 281 g/mol. The van der Waals surface area contributed by atoms with Crippen molar-refractivity contribution >= 4 is 12.1 Å². The number of ether oxygens (including phenoxy) is 1. The zero-order chi connectivity index (χ0) is 14.5. The molecular weight excluding hydrogens is 265 g/mol. The van der Waals surface area contributed by atoms with Gasteiger partial charge in [0.1, 0.15) is 13.3 Å². The fourth-order valence-electron chi connectivity index (χ4n) is 2.27. The molecule has 0 aliphatic carbocycles. The van der Waals surface area contributed by atoms with Crippen LogP contribution in [0.3, 0.4) is 0 Å². The van der Waals surface area contributed by atoms with Gasteiger partial charge in [0.25, 0.3) is 0 Å². The van der Waals surface area contributed by atoms with Crippen LogP contribution in [0.5, 0.6) is 0 Å². The molecule has 1 N–H and O–H groups in total. The van der Waals surface area contributed by atoms with Crippen LogP contribution in [0.25, 0.3) is 0 Å². The average Bonchev–Trinajstić information content (AvgIpc) is 2.90. The quantitative estimate of drug-likeness (QED) is 0.917. The highest BCUT2D eigenvalue weighted by Gasteiger charge is 2.39. The van der Waals surface area contributed by atoms with Gasteiger partial charge in [-0.05, 0) is 12.0 Å². The van der Waals surface area contributed by atoms with Crippen molar-refractivity contribution < 1.29 is 23.8 Å². The average molecular weight is 281 g/mol. The summed E-state index contributed by atoms with van der Waals surface area (Å²) in [6.45, 7) is -0.672. The molecule has 1 unspecified atom stereocenters. The van der Waals surface area contributed by atoms with Gasteiger partial charge in [0.05, 0.1) is 12.0 Å². The Labute approximate surface area is 116 Å². The fourth-order valence-corrected chi connectivity index (χ4v) is 2.27. The van der Waals surface area contributed by atoms with Gasteiger partial charge in [-0.25, -0.2) is 9.18 Å². The van der Waals surface area contributed by atoms with Crippen LogP contribution in [-0.4, -0.2) is 41.3 Å². The molecule has 20 heavy (non-hydrogen) atoms. The summed E-state index contributed by atoms with van der Waals surface area (Å²) in [5.41, 5.74) is 0.826. The molecule has 0 radical (unpaired) electrons. The van der Waals surface area contributed by atoms with E-state index < -0.39 is 30.7 Å². The lowest BCUT2D eigenvalue weighted by atomic mass is 10.1. The lowest BCUT2D eigenvalue weighted by Crippen LogP contribution is -2.37. The van der Waals surface area contributed by atoms with Crippen molar-refractivity contribution in [3.05, 3.63) is 35.9 Å². The summed E-state index contributed by atoms with van der Waals surface area (Å²) in [5.74, 6) is -1.73. The van der Waals surface area contributed by atoms with Gasteiger partial charge >= 0.3 is 12.1 Å². The lowest BCUT2D eigenvalue weighted by molar-refractivity contribution is -0.141. The van der Waals surface area contributed by atoms with Gasteiger partial charge in [-0.15, -0.1) is 0 Å². The van der Waals surface area contributed by atoms with Crippen molar-refractivity contribution in [2.45, 2.75) is 19.1 Å². The number of halogens is 1. The van der Waals surface area contributed by atoms with E-state index in [2.05, 4.69) is 0 Å². The Bertz CT molecular complexity index is 479. The summed E-state index contributed by atoms with van der Waals surface area (Å²) >= 11 is 0. The van der Waals surface area contributed by atoms with Crippen LogP contribution in [0.15, 0.2) is 30.3 Å². The van der Waals surface area contributed by atoms with E-state index in [9.17, 15) is 14.0 Å². The highest BCUT2D eigenvalue weighted by Crippen LogP contribution is 2.25. The summed E-state index contributed by atoms with van der Waals surface area (Å²) in [4.78, 5) is 24.0. The lowest BCUT2D eigenvalue weighted by Gasteiger charge is -2.21. The molecule has 1 amide bonds. The first-order valence-corrected chi connectivity index (χ1v) is 6.38. The van der Waals surface area contributed by atoms with Crippen molar-refractivity contribution in [1.82, 2.24) is 4.90 Å². The van der Waals surface area contributed by atoms with E-state index in [0.717, 1.165) is 5.56 Å². The molecule has 2 atom stereocenters. The molecule has 2 rings (SSSR count). The molecule has 0 aromatic heterocycles. The van der Waals surface area contributed by atoms with E-state index in [4.69, 9.17) is 9.84 Å². The van der Waals surface area contributed by atoms with Crippen molar-refractivity contribution in [2.75, 3.05) is 13.2 Å². The van der Waals surface area contributed by atoms with Gasteiger partial charge in [0.15, 0.2) is 0 Å². The summed E-state index contributed by atoms with van der Waals surface area (Å²) in [6.07, 6.45) is -0.535. The van der Waals surface area contributed by atoms with Crippen molar-refractivity contribution in [1.29, 1.82) is 0 Å². The maximum Gasteiger partial charge on any atom is 0.410 e. The normalized spacial score (nSPS) is 21.8. The Morgan fingerprint density at radius 3 is 2.65 bits per heavy atom. The van der Waals surface area contributed by atoms with Crippen LogP contribution in [-0.2, 0) is 16.1 Å². The number of carbonyl (C=O) groups excluding carboxylic acids is 1. The second-order valence-electron chi connectivity index (χ2n) is 4.77. The minimum atomic E-state index is -1.01. The number of nitrogens with zero attached hydrogens (tertiary/aromatic N) is 1. The summed E-state index contributed by atoms with van der Waals surface area (Å²) in [7, 11) is 0. The second-order valence-corrected chi connectivity index (χ2v) is 4.77. The number of carboxylic acids is 1. The molecule has 1 aliphatic heterocycles. The van der Waals surface area contributed by atoms with E-state index in [-0.39, 0.29) is 19.6 Å². The van der Waals surface area contributed by atoms with Gasteiger partial charge < -0.3 is 14.7 Å². The third-order valence-corrected chi connectivity index (χ3v) is 3.38. The SMILES string of the molecule is O=C(O)C1C[C@H](CF)N(C(=O)OCc2ccccc2)C1. The number of likely N-dealkylation sites (tertiary alicyclic amines) is 1. The Morgan fingerprint density at radius 1 is 1.35 bits per heavy atom. The first-order valence-electron chi connectivity index (χ1n) is 6.38. The van der Waals surface area contributed by atoms with E-state index in [1.54, 1.807) is 0 Å². The van der Waals surface area contributed by atoms with Crippen LogP contribution in [0.4, 0.5) is 9.18 Å². The van der Waals surface area contributed by atoms with Crippen molar-refractivity contribution in [2.24, 2.45) is 5.92 Å². The van der Waals surface area contributed by atoms with Gasteiger partial charge in [-0.3, -0.25) is 4.79 Å². The number of carbonyl (C=O) groups is 2. The first-order chi connectivity index (χ1) is 9.61. The molecule has 1 heterocycles. The van der Waals surface area contributed by atoms with Crippen LogP contribution in [0.1, 0.15) is 12.0 Å². The number of hydrogen-bond acceptors (Lipinski definition) is 3. The highest BCUT2D eigenvalue weighted by atomic mass is 19.1. The minimum Gasteiger partial charge on any atom is -0.481 e. The Hall–Kier alpha value is -2.11. The number of rotatable bonds is 4. The van der Waals surface area contributed by atoms with E-state index >= 15 is 0 Å². The molecule has 1 saturated heterocycles. The number of carboxylic acid groups (broad SMARTS) is 1. The zero-order valence-corrected chi connectivity index (χ0v) is 10.9. The van der Waals surface area contributed by atoms with Gasteiger partial charge in [-0.1, -0.05) is 30.3 Å². The van der Waals surface area contributed by atoms with Crippen molar-refractivity contribution in [3.8, 4) is 0 Å².